The molecule has 0 unspecified atom stereocenters. The lowest BCUT2D eigenvalue weighted by Crippen LogP contribution is -2.41. The van der Waals surface area contributed by atoms with Crippen LogP contribution in [0.5, 0.6) is 5.88 Å². The first-order valence-corrected chi connectivity index (χ1v) is 8.74. The lowest BCUT2D eigenvalue weighted by molar-refractivity contribution is -0.137. The fourth-order valence-electron chi connectivity index (χ4n) is 2.66. The molecule has 1 aliphatic carbocycles. The van der Waals surface area contributed by atoms with Crippen LogP contribution in [0.15, 0.2) is 30.1 Å². The molecule has 3 rings (SSSR count). The van der Waals surface area contributed by atoms with E-state index >= 15 is 0 Å². The summed E-state index contributed by atoms with van der Waals surface area (Å²) in [7, 11) is -1.07. The minimum Gasteiger partial charge on any atom is -0.477 e. The van der Waals surface area contributed by atoms with E-state index in [9.17, 15) is 17.6 Å². The summed E-state index contributed by atoms with van der Waals surface area (Å²) < 4.78 is 69.1. The van der Waals surface area contributed by atoms with Gasteiger partial charge in [0.2, 0.25) is 5.88 Å². The van der Waals surface area contributed by atoms with Crippen LogP contribution in [0.2, 0.25) is 0 Å². The predicted octanol–water partition coefficient (Wildman–Crippen LogP) is 4.74. The van der Waals surface area contributed by atoms with Gasteiger partial charge in [-0.3, -0.25) is 0 Å². The predicted molar refractivity (Wildman–Crippen MR) is 91.7 cm³/mol. The van der Waals surface area contributed by atoms with Gasteiger partial charge in [0.1, 0.15) is 5.73 Å². The summed E-state index contributed by atoms with van der Waals surface area (Å²) in [5.74, 6) is 0.0683. The van der Waals surface area contributed by atoms with E-state index in [1.54, 1.807) is 0 Å². The number of nitrogens with zero attached hydrogens (tertiary/aromatic N) is 1. The van der Waals surface area contributed by atoms with E-state index in [-0.39, 0.29) is 12.5 Å². The summed E-state index contributed by atoms with van der Waals surface area (Å²) in [6.45, 7) is 7.48. The molecule has 0 bridgehead atoms. The fourth-order valence-corrected chi connectivity index (χ4v) is 2.66. The Labute approximate surface area is 156 Å². The highest BCUT2D eigenvalue weighted by atomic mass is 19.4. The Balaban J connectivity index is 1.62. The second-order valence-corrected chi connectivity index (χ2v) is 8.15. The Bertz CT molecular complexity index is 711. The van der Waals surface area contributed by atoms with E-state index in [4.69, 9.17) is 14.0 Å². The fraction of sp³-hybridized carbons (Fsp3) is 0.611. The summed E-state index contributed by atoms with van der Waals surface area (Å²) in [6, 6.07) is 2.07. The van der Waals surface area contributed by atoms with Gasteiger partial charge in [0.15, 0.2) is 0 Å². The molecule has 4 nitrogen and oxygen atoms in total. The van der Waals surface area contributed by atoms with Crippen molar-refractivity contribution in [3.63, 3.8) is 0 Å². The van der Waals surface area contributed by atoms with Crippen molar-refractivity contribution < 1.29 is 31.6 Å². The molecule has 1 aliphatic heterocycles. The van der Waals surface area contributed by atoms with E-state index in [1.807, 2.05) is 27.7 Å². The normalized spacial score (nSPS) is 23.4. The summed E-state index contributed by atoms with van der Waals surface area (Å²) in [4.78, 5) is 3.66. The van der Waals surface area contributed by atoms with Gasteiger partial charge in [-0.25, -0.2) is 9.37 Å². The van der Waals surface area contributed by atoms with Crippen LogP contribution in [0.25, 0.3) is 0 Å². The minimum absolute atomic E-state index is 0.0683. The molecule has 1 saturated heterocycles. The highest BCUT2D eigenvalue weighted by Gasteiger charge is 2.54. The summed E-state index contributed by atoms with van der Waals surface area (Å²) in [6.07, 6.45) is -0.867. The maximum absolute atomic E-state index is 14.7. The second-order valence-electron chi connectivity index (χ2n) is 8.15. The quantitative estimate of drug-likeness (QED) is 0.541. The lowest BCUT2D eigenvalue weighted by atomic mass is 9.85. The summed E-state index contributed by atoms with van der Waals surface area (Å²) in [5, 5.41) is 0. The summed E-state index contributed by atoms with van der Waals surface area (Å²) in [5.41, 5.74) is -3.16. The van der Waals surface area contributed by atoms with Crippen molar-refractivity contribution in [1.29, 1.82) is 0 Å². The molecule has 0 aromatic carbocycles. The van der Waals surface area contributed by atoms with Crippen LogP contribution >= 0.6 is 0 Å². The van der Waals surface area contributed by atoms with Crippen molar-refractivity contribution in [2.45, 2.75) is 57.9 Å². The van der Waals surface area contributed by atoms with Gasteiger partial charge < -0.3 is 14.0 Å². The van der Waals surface area contributed by atoms with Gasteiger partial charge in [-0.05, 0) is 52.7 Å². The van der Waals surface area contributed by atoms with Crippen LogP contribution in [-0.4, -0.2) is 29.9 Å². The highest BCUT2D eigenvalue weighted by molar-refractivity contribution is 6.53. The minimum atomic E-state index is -4.45. The molecule has 0 radical (unpaired) electrons. The number of aromatic nitrogens is 1. The zero-order valence-corrected chi connectivity index (χ0v) is 15.7. The second kappa shape index (κ2) is 6.48. The molecule has 1 aromatic heterocycles. The zero-order chi connectivity index (χ0) is 20.1. The SMILES string of the molecule is CC1(C)OB(C(F)=CC2(COc3ccc(C(F)(F)F)cn3)CC2)OC1(C)C. The van der Waals surface area contributed by atoms with E-state index in [0.717, 1.165) is 18.3 Å². The number of pyridine rings is 1. The van der Waals surface area contributed by atoms with E-state index in [2.05, 4.69) is 4.98 Å². The number of alkyl halides is 3. The molecule has 0 atom stereocenters. The zero-order valence-electron chi connectivity index (χ0n) is 15.7. The average molecular weight is 387 g/mol. The van der Waals surface area contributed by atoms with Gasteiger partial charge in [0.25, 0.3) is 0 Å². The Morgan fingerprint density at radius 1 is 1.19 bits per heavy atom. The van der Waals surface area contributed by atoms with Crippen molar-refractivity contribution in [1.82, 2.24) is 4.98 Å². The van der Waals surface area contributed by atoms with Crippen molar-refractivity contribution in [3.05, 3.63) is 35.7 Å². The van der Waals surface area contributed by atoms with Gasteiger partial charge in [0, 0.05) is 17.7 Å². The molecule has 9 heteroatoms. The van der Waals surface area contributed by atoms with Crippen LogP contribution in [0.3, 0.4) is 0 Å². The molecule has 0 N–H and O–H groups in total. The lowest BCUT2D eigenvalue weighted by Gasteiger charge is -2.32. The molecule has 1 aromatic rings. The largest absolute Gasteiger partial charge is 0.524 e. The Kier molecular flexibility index (Phi) is 4.83. The molecular formula is C18H22BF4NO3. The van der Waals surface area contributed by atoms with Gasteiger partial charge in [-0.1, -0.05) is 0 Å². The first-order chi connectivity index (χ1) is 12.3. The maximum atomic E-state index is 14.7. The summed E-state index contributed by atoms with van der Waals surface area (Å²) >= 11 is 0. The third kappa shape index (κ3) is 4.29. The smallest absolute Gasteiger partial charge is 0.477 e. The van der Waals surface area contributed by atoms with Crippen LogP contribution in [0, 0.1) is 5.41 Å². The van der Waals surface area contributed by atoms with Crippen LogP contribution < -0.4 is 4.74 Å². The van der Waals surface area contributed by atoms with Crippen LogP contribution in [0.4, 0.5) is 17.6 Å². The Morgan fingerprint density at radius 2 is 1.78 bits per heavy atom. The van der Waals surface area contributed by atoms with Crippen molar-refractivity contribution in [2.75, 3.05) is 6.61 Å². The molecule has 0 spiro atoms. The van der Waals surface area contributed by atoms with Crippen molar-refractivity contribution >= 4 is 7.12 Å². The number of ether oxygens (including phenoxy) is 1. The van der Waals surface area contributed by atoms with Gasteiger partial charge in [-0.2, -0.15) is 13.2 Å². The Hall–Kier alpha value is -1.61. The number of rotatable bonds is 5. The molecule has 148 valence electrons. The molecule has 2 fully saturated rings. The van der Waals surface area contributed by atoms with E-state index in [0.29, 0.717) is 12.8 Å². The van der Waals surface area contributed by atoms with E-state index < -0.39 is 41.2 Å². The van der Waals surface area contributed by atoms with E-state index in [1.165, 1.54) is 6.08 Å². The highest BCUT2D eigenvalue weighted by Crippen LogP contribution is 2.49. The maximum Gasteiger partial charge on any atom is 0.524 e. The van der Waals surface area contributed by atoms with Gasteiger partial charge >= 0.3 is 13.3 Å². The first-order valence-electron chi connectivity index (χ1n) is 8.74. The third-order valence-electron chi connectivity index (χ3n) is 5.39. The molecule has 27 heavy (non-hydrogen) atoms. The van der Waals surface area contributed by atoms with Crippen LogP contribution in [-0.2, 0) is 15.5 Å². The number of halogens is 4. The number of hydrogen-bond donors (Lipinski definition) is 0. The standard InChI is InChI=1S/C18H22BF4NO3/c1-15(2)16(3,4)27-19(26-15)13(20)9-17(7-8-17)11-25-14-6-5-12(10-24-14)18(21,22)23/h5-6,9-10H,7-8,11H2,1-4H3. The third-order valence-corrected chi connectivity index (χ3v) is 5.39. The van der Waals surface area contributed by atoms with Gasteiger partial charge in [0.05, 0.1) is 23.4 Å². The molecule has 2 aliphatic rings. The Morgan fingerprint density at radius 3 is 2.22 bits per heavy atom. The van der Waals surface area contributed by atoms with Crippen LogP contribution in [0.1, 0.15) is 46.1 Å². The number of hydrogen-bond acceptors (Lipinski definition) is 4. The van der Waals surface area contributed by atoms with Crippen molar-refractivity contribution in [2.24, 2.45) is 5.41 Å². The molecule has 1 saturated carbocycles. The molecular weight excluding hydrogens is 365 g/mol. The monoisotopic (exact) mass is 387 g/mol. The van der Waals surface area contributed by atoms with Crippen molar-refractivity contribution in [3.8, 4) is 5.88 Å². The van der Waals surface area contributed by atoms with Gasteiger partial charge in [-0.15, -0.1) is 0 Å². The molecule has 0 amide bonds. The topological polar surface area (TPSA) is 40.6 Å². The first kappa shape index (κ1) is 20.1. The average Bonchev–Trinajstić information content (AvgIpc) is 3.26. The molecule has 2 heterocycles.